The van der Waals surface area contributed by atoms with Crippen molar-refractivity contribution in [2.45, 2.75) is 32.2 Å². The van der Waals surface area contributed by atoms with Gasteiger partial charge in [-0.1, -0.05) is 19.4 Å². The van der Waals surface area contributed by atoms with Gasteiger partial charge in [-0.3, -0.25) is 0 Å². The molecule has 0 unspecified atom stereocenters. The molecule has 1 aromatic carbocycles. The summed E-state index contributed by atoms with van der Waals surface area (Å²) in [5.41, 5.74) is 2.50. The van der Waals surface area contributed by atoms with Crippen molar-refractivity contribution in [1.29, 1.82) is 5.26 Å². The molecule has 3 rings (SSSR count). The molecule has 160 valence electrons. The number of hydrogen-bond acceptors (Lipinski definition) is 7. The van der Waals surface area contributed by atoms with E-state index in [9.17, 15) is 5.26 Å². The molecule has 2 heterocycles. The maximum Gasteiger partial charge on any atom is 0.231 e. The Morgan fingerprint density at radius 2 is 2.03 bits per heavy atom. The van der Waals surface area contributed by atoms with Gasteiger partial charge in [-0.2, -0.15) is 10.2 Å². The summed E-state index contributed by atoms with van der Waals surface area (Å²) >= 11 is 0. The molecule has 0 aliphatic carbocycles. The minimum absolute atomic E-state index is 0.522. The molecule has 1 aliphatic rings. The number of nitriles is 1. The molecule has 2 aromatic rings. The van der Waals surface area contributed by atoms with E-state index in [1.165, 1.54) is 19.3 Å². The third kappa shape index (κ3) is 5.00. The molecule has 7 nitrogen and oxygen atoms in total. The summed E-state index contributed by atoms with van der Waals surface area (Å²) < 4.78 is 0. The van der Waals surface area contributed by atoms with Gasteiger partial charge in [-0.25, -0.2) is 4.98 Å². The number of rotatable bonds is 7. The van der Waals surface area contributed by atoms with Crippen LogP contribution in [0.15, 0.2) is 30.5 Å². The van der Waals surface area contributed by atoms with Gasteiger partial charge in [0.15, 0.2) is 5.82 Å². The Bertz CT molecular complexity index is 883. The fourth-order valence-corrected chi connectivity index (χ4v) is 4.03. The monoisotopic (exact) mass is 407 g/mol. The number of aromatic nitrogens is 2. The van der Waals surface area contributed by atoms with Crippen LogP contribution in [-0.4, -0.2) is 57.3 Å². The average Bonchev–Trinajstić information content (AvgIpc) is 2.78. The first kappa shape index (κ1) is 21.8. The first-order valence-electron chi connectivity index (χ1n) is 10.6. The van der Waals surface area contributed by atoms with Crippen LogP contribution in [0.4, 0.5) is 23.1 Å². The fourth-order valence-electron chi connectivity index (χ4n) is 4.03. The summed E-state index contributed by atoms with van der Waals surface area (Å²) in [6, 6.07) is 10.2. The number of nitrogens with zero attached hydrogens (tertiary/aromatic N) is 6. The van der Waals surface area contributed by atoms with Crippen LogP contribution < -0.4 is 20.0 Å². The summed E-state index contributed by atoms with van der Waals surface area (Å²) in [7, 11) is 8.07. The van der Waals surface area contributed by atoms with Crippen LogP contribution in [0.25, 0.3) is 0 Å². The normalized spacial score (nSPS) is 17.1. The zero-order valence-electron chi connectivity index (χ0n) is 18.8. The minimum atomic E-state index is 0.522. The molecular formula is C23H33N7. The summed E-state index contributed by atoms with van der Waals surface area (Å²) in [5, 5.41) is 12.9. The molecule has 1 aliphatic heterocycles. The standard InChI is InChI=1S/C23H33N7/c1-17(20-11-6-7-12-25-20)16-29(4)22-21(28(2)3)15-26-23(27-22)30(5)19-10-8-9-18(13-19)14-24/h8-10,13,15,17,20,25H,6-7,11-12,16H2,1-5H3/t17-,20+/m0/s1. The van der Waals surface area contributed by atoms with E-state index in [4.69, 9.17) is 4.98 Å². The highest BCUT2D eigenvalue weighted by atomic mass is 15.3. The smallest absolute Gasteiger partial charge is 0.231 e. The van der Waals surface area contributed by atoms with E-state index in [2.05, 4.69) is 40.1 Å². The topological polar surface area (TPSA) is 71.3 Å². The van der Waals surface area contributed by atoms with Crippen molar-refractivity contribution in [3.8, 4) is 6.07 Å². The minimum Gasteiger partial charge on any atom is -0.373 e. The second kappa shape index (κ2) is 9.77. The van der Waals surface area contributed by atoms with E-state index in [0.717, 1.165) is 30.3 Å². The van der Waals surface area contributed by atoms with E-state index in [0.29, 0.717) is 23.5 Å². The van der Waals surface area contributed by atoms with E-state index in [1.54, 1.807) is 6.07 Å². The first-order chi connectivity index (χ1) is 14.4. The third-order valence-electron chi connectivity index (χ3n) is 5.84. The van der Waals surface area contributed by atoms with Crippen molar-refractivity contribution in [1.82, 2.24) is 15.3 Å². The molecule has 0 saturated carbocycles. The Morgan fingerprint density at radius 1 is 1.23 bits per heavy atom. The molecule has 1 saturated heterocycles. The molecule has 1 N–H and O–H groups in total. The highest BCUT2D eigenvalue weighted by Gasteiger charge is 2.23. The van der Waals surface area contributed by atoms with Gasteiger partial charge in [0.25, 0.3) is 0 Å². The predicted molar refractivity (Wildman–Crippen MR) is 124 cm³/mol. The molecule has 0 bridgehead atoms. The van der Waals surface area contributed by atoms with Crippen LogP contribution in [0.3, 0.4) is 0 Å². The van der Waals surface area contributed by atoms with Crippen LogP contribution in [0, 0.1) is 17.2 Å². The number of benzene rings is 1. The highest BCUT2D eigenvalue weighted by molar-refractivity contribution is 5.69. The van der Waals surface area contributed by atoms with Gasteiger partial charge < -0.3 is 20.0 Å². The second-order valence-corrected chi connectivity index (χ2v) is 8.41. The molecule has 1 fully saturated rings. The van der Waals surface area contributed by atoms with Crippen LogP contribution >= 0.6 is 0 Å². The quantitative estimate of drug-likeness (QED) is 0.754. The van der Waals surface area contributed by atoms with E-state index < -0.39 is 0 Å². The molecule has 0 spiro atoms. The van der Waals surface area contributed by atoms with Crippen molar-refractivity contribution < 1.29 is 0 Å². The highest BCUT2D eigenvalue weighted by Crippen LogP contribution is 2.30. The van der Waals surface area contributed by atoms with Crippen LogP contribution in [-0.2, 0) is 0 Å². The van der Waals surface area contributed by atoms with Gasteiger partial charge in [0.2, 0.25) is 5.95 Å². The Hall–Kier alpha value is -2.85. The van der Waals surface area contributed by atoms with Gasteiger partial charge in [-0.15, -0.1) is 0 Å². The fraction of sp³-hybridized carbons (Fsp3) is 0.522. The summed E-state index contributed by atoms with van der Waals surface area (Å²) in [6.45, 7) is 4.35. The van der Waals surface area contributed by atoms with Gasteiger partial charge >= 0.3 is 0 Å². The Balaban J connectivity index is 1.85. The third-order valence-corrected chi connectivity index (χ3v) is 5.84. The van der Waals surface area contributed by atoms with Gasteiger partial charge in [0.05, 0.1) is 23.5 Å². The molecule has 2 atom stereocenters. The van der Waals surface area contributed by atoms with Crippen LogP contribution in [0.2, 0.25) is 0 Å². The molecular weight excluding hydrogens is 374 g/mol. The molecule has 0 radical (unpaired) electrons. The largest absolute Gasteiger partial charge is 0.373 e. The Kier molecular flexibility index (Phi) is 7.11. The number of piperidine rings is 1. The second-order valence-electron chi connectivity index (χ2n) is 8.41. The molecule has 1 aromatic heterocycles. The van der Waals surface area contributed by atoms with Crippen LogP contribution in [0.5, 0.6) is 0 Å². The lowest BCUT2D eigenvalue weighted by Crippen LogP contribution is -2.43. The zero-order valence-corrected chi connectivity index (χ0v) is 18.8. The lowest BCUT2D eigenvalue weighted by atomic mass is 9.93. The number of nitrogens with one attached hydrogen (secondary N) is 1. The van der Waals surface area contributed by atoms with E-state index in [-0.39, 0.29) is 0 Å². The lowest BCUT2D eigenvalue weighted by Gasteiger charge is -2.33. The van der Waals surface area contributed by atoms with E-state index >= 15 is 0 Å². The Morgan fingerprint density at radius 3 is 2.70 bits per heavy atom. The van der Waals surface area contributed by atoms with Crippen molar-refractivity contribution >= 4 is 23.1 Å². The number of hydrogen-bond donors (Lipinski definition) is 1. The predicted octanol–water partition coefficient (Wildman–Crippen LogP) is 3.40. The SMILES string of the molecule is C[C@@H](CN(C)c1nc(N(C)c2cccc(C#N)c2)ncc1N(C)C)[C@H]1CCCCN1. The number of anilines is 4. The first-order valence-corrected chi connectivity index (χ1v) is 10.6. The maximum atomic E-state index is 9.20. The molecule has 7 heteroatoms. The average molecular weight is 408 g/mol. The van der Waals surface area contributed by atoms with Gasteiger partial charge in [0.1, 0.15) is 0 Å². The molecule has 30 heavy (non-hydrogen) atoms. The van der Waals surface area contributed by atoms with Gasteiger partial charge in [0, 0.05) is 46.5 Å². The van der Waals surface area contributed by atoms with Crippen molar-refractivity contribution in [3.05, 3.63) is 36.0 Å². The lowest BCUT2D eigenvalue weighted by molar-refractivity contribution is 0.313. The Labute approximate surface area is 180 Å². The van der Waals surface area contributed by atoms with Crippen molar-refractivity contribution in [3.63, 3.8) is 0 Å². The van der Waals surface area contributed by atoms with Crippen LogP contribution in [0.1, 0.15) is 31.7 Å². The maximum absolute atomic E-state index is 9.20. The summed E-state index contributed by atoms with van der Waals surface area (Å²) in [6.07, 6.45) is 5.70. The zero-order chi connectivity index (χ0) is 21.7. The summed E-state index contributed by atoms with van der Waals surface area (Å²) in [5.74, 6) is 2.05. The van der Waals surface area contributed by atoms with E-state index in [1.807, 2.05) is 50.4 Å². The van der Waals surface area contributed by atoms with Gasteiger partial charge in [-0.05, 0) is 43.5 Å². The van der Waals surface area contributed by atoms with Crippen molar-refractivity contribution in [2.75, 3.05) is 56.0 Å². The summed E-state index contributed by atoms with van der Waals surface area (Å²) in [4.78, 5) is 15.7. The molecule has 0 amide bonds. The van der Waals surface area contributed by atoms with Crippen molar-refractivity contribution in [2.24, 2.45) is 5.92 Å².